The van der Waals surface area contributed by atoms with E-state index in [1.807, 2.05) is 6.92 Å². The molecule has 0 saturated carbocycles. The van der Waals surface area contributed by atoms with Crippen molar-refractivity contribution in [3.8, 4) is 0 Å². The highest BCUT2D eigenvalue weighted by Gasteiger charge is 2.11. The summed E-state index contributed by atoms with van der Waals surface area (Å²) in [6, 6.07) is 2.14. The first-order valence-electron chi connectivity index (χ1n) is 7.20. The first-order valence-corrected chi connectivity index (χ1v) is 7.20. The topological polar surface area (TPSA) is 46.9 Å². The Morgan fingerprint density at radius 1 is 1.20 bits per heavy atom. The lowest BCUT2D eigenvalue weighted by Gasteiger charge is -2.20. The molecule has 0 unspecified atom stereocenters. The van der Waals surface area contributed by atoms with E-state index in [9.17, 15) is 0 Å². The fourth-order valence-electron chi connectivity index (χ4n) is 2.03. The monoisotopic (exact) mass is 284 g/mol. The number of ether oxygens (including phenoxy) is 2. The van der Waals surface area contributed by atoms with Gasteiger partial charge in [0.15, 0.2) is 0 Å². The lowest BCUT2D eigenvalue weighted by atomic mass is 10.2. The van der Waals surface area contributed by atoms with Gasteiger partial charge in [-0.15, -0.1) is 0 Å². The minimum atomic E-state index is 0.716. The summed E-state index contributed by atoms with van der Waals surface area (Å²) in [7, 11) is 3.44. The second-order valence-electron chi connectivity index (χ2n) is 4.84. The second kappa shape index (κ2) is 9.94. The Hall–Kier alpha value is -0.880. The van der Waals surface area contributed by atoms with Crippen LogP contribution in [0.15, 0.2) is 10.5 Å². The molecule has 0 aliphatic rings. The first-order chi connectivity index (χ1) is 9.71. The third-order valence-electron chi connectivity index (χ3n) is 3.24. The summed E-state index contributed by atoms with van der Waals surface area (Å²) >= 11 is 0. The van der Waals surface area contributed by atoms with Crippen LogP contribution in [0.2, 0.25) is 0 Å². The second-order valence-corrected chi connectivity index (χ2v) is 4.84. The zero-order chi connectivity index (χ0) is 14.8. The number of aryl methyl sites for hydroxylation is 1. The number of methoxy groups -OCH3 is 2. The molecular weight excluding hydrogens is 256 g/mol. The normalized spacial score (nSPS) is 11.4. The third kappa shape index (κ3) is 6.05. The van der Waals surface area contributed by atoms with Gasteiger partial charge >= 0.3 is 0 Å². The van der Waals surface area contributed by atoms with Gasteiger partial charge in [-0.3, -0.25) is 4.90 Å². The van der Waals surface area contributed by atoms with Crippen molar-refractivity contribution in [1.29, 1.82) is 0 Å². The molecule has 20 heavy (non-hydrogen) atoms. The van der Waals surface area contributed by atoms with Crippen molar-refractivity contribution in [3.05, 3.63) is 23.2 Å². The Morgan fingerprint density at radius 3 is 2.40 bits per heavy atom. The zero-order valence-electron chi connectivity index (χ0n) is 13.2. The molecule has 0 radical (unpaired) electrons. The first kappa shape index (κ1) is 17.2. The van der Waals surface area contributed by atoms with Crippen LogP contribution in [0.4, 0.5) is 0 Å². The van der Waals surface area contributed by atoms with Crippen molar-refractivity contribution >= 4 is 0 Å². The molecule has 5 nitrogen and oxygen atoms in total. The molecule has 116 valence electrons. The smallest absolute Gasteiger partial charge is 0.118 e. The SMILES string of the molecule is CCNCc1cc(CN(CCOC)CCOC)oc1C. The molecule has 0 bridgehead atoms. The van der Waals surface area contributed by atoms with Crippen molar-refractivity contribution in [1.82, 2.24) is 10.2 Å². The van der Waals surface area contributed by atoms with Crippen LogP contribution in [-0.4, -0.2) is 52.0 Å². The van der Waals surface area contributed by atoms with Crippen LogP contribution in [0.3, 0.4) is 0 Å². The molecule has 0 aromatic carbocycles. The lowest BCUT2D eigenvalue weighted by Crippen LogP contribution is -2.30. The minimum Gasteiger partial charge on any atom is -0.465 e. The predicted molar refractivity (Wildman–Crippen MR) is 79.9 cm³/mol. The molecule has 1 aromatic rings. The van der Waals surface area contributed by atoms with Crippen molar-refractivity contribution in [3.63, 3.8) is 0 Å². The van der Waals surface area contributed by atoms with E-state index < -0.39 is 0 Å². The molecule has 0 atom stereocenters. The van der Waals surface area contributed by atoms with Gasteiger partial charge in [0.1, 0.15) is 11.5 Å². The molecule has 1 heterocycles. The number of hydrogen-bond acceptors (Lipinski definition) is 5. The molecule has 1 N–H and O–H groups in total. The van der Waals surface area contributed by atoms with Gasteiger partial charge < -0.3 is 19.2 Å². The van der Waals surface area contributed by atoms with Gasteiger partial charge in [-0.1, -0.05) is 6.92 Å². The number of nitrogens with one attached hydrogen (secondary N) is 1. The Morgan fingerprint density at radius 2 is 1.85 bits per heavy atom. The third-order valence-corrected chi connectivity index (χ3v) is 3.24. The molecule has 1 rings (SSSR count). The summed E-state index contributed by atoms with van der Waals surface area (Å²) in [5, 5.41) is 3.33. The molecule has 0 saturated heterocycles. The molecule has 5 heteroatoms. The molecule has 0 spiro atoms. The van der Waals surface area contributed by atoms with Crippen molar-refractivity contribution < 1.29 is 13.9 Å². The van der Waals surface area contributed by atoms with Gasteiger partial charge in [0, 0.05) is 39.4 Å². The van der Waals surface area contributed by atoms with E-state index in [0.29, 0.717) is 13.2 Å². The van der Waals surface area contributed by atoms with E-state index in [4.69, 9.17) is 13.9 Å². The summed E-state index contributed by atoms with van der Waals surface area (Å²) < 4.78 is 16.1. The van der Waals surface area contributed by atoms with E-state index in [1.165, 1.54) is 5.56 Å². The highest BCUT2D eigenvalue weighted by molar-refractivity contribution is 5.20. The van der Waals surface area contributed by atoms with E-state index >= 15 is 0 Å². The average Bonchev–Trinajstić information content (AvgIpc) is 2.79. The largest absolute Gasteiger partial charge is 0.465 e. The van der Waals surface area contributed by atoms with Gasteiger partial charge in [0.25, 0.3) is 0 Å². The number of nitrogens with zero attached hydrogens (tertiary/aromatic N) is 1. The predicted octanol–water partition coefficient (Wildman–Crippen LogP) is 1.79. The van der Waals surface area contributed by atoms with E-state index in [0.717, 1.165) is 44.2 Å². The Labute approximate surface area is 122 Å². The van der Waals surface area contributed by atoms with Gasteiger partial charge in [0.2, 0.25) is 0 Å². The fourth-order valence-corrected chi connectivity index (χ4v) is 2.03. The van der Waals surface area contributed by atoms with Crippen LogP contribution in [0, 0.1) is 6.92 Å². The standard InChI is InChI=1S/C15H28N2O3/c1-5-16-11-14-10-15(20-13(14)2)12-17(6-8-18-3)7-9-19-4/h10,16H,5-9,11-12H2,1-4H3. The Balaban J connectivity index is 2.57. The highest BCUT2D eigenvalue weighted by atomic mass is 16.5. The van der Waals surface area contributed by atoms with Crippen molar-refractivity contribution in [2.45, 2.75) is 26.9 Å². The van der Waals surface area contributed by atoms with Gasteiger partial charge in [-0.25, -0.2) is 0 Å². The van der Waals surface area contributed by atoms with E-state index in [2.05, 4.69) is 23.2 Å². The van der Waals surface area contributed by atoms with Crippen LogP contribution in [0.1, 0.15) is 24.0 Å². The summed E-state index contributed by atoms with van der Waals surface area (Å²) in [4.78, 5) is 2.28. The maximum atomic E-state index is 5.84. The van der Waals surface area contributed by atoms with Crippen LogP contribution >= 0.6 is 0 Å². The molecule has 0 aliphatic carbocycles. The van der Waals surface area contributed by atoms with Crippen LogP contribution < -0.4 is 5.32 Å². The molecular formula is C15H28N2O3. The van der Waals surface area contributed by atoms with Crippen LogP contribution in [0.5, 0.6) is 0 Å². The number of rotatable bonds is 11. The maximum absolute atomic E-state index is 5.84. The number of furan rings is 1. The summed E-state index contributed by atoms with van der Waals surface area (Å²) in [5.74, 6) is 2.00. The maximum Gasteiger partial charge on any atom is 0.118 e. The molecule has 0 fully saturated rings. The zero-order valence-corrected chi connectivity index (χ0v) is 13.2. The Kier molecular flexibility index (Phi) is 8.53. The highest BCUT2D eigenvalue weighted by Crippen LogP contribution is 2.16. The number of hydrogen-bond donors (Lipinski definition) is 1. The van der Waals surface area contributed by atoms with Crippen LogP contribution in [-0.2, 0) is 22.6 Å². The molecule has 0 aliphatic heterocycles. The molecule has 0 amide bonds. The Bertz CT molecular complexity index is 358. The average molecular weight is 284 g/mol. The quantitative estimate of drug-likeness (QED) is 0.671. The van der Waals surface area contributed by atoms with Crippen LogP contribution in [0.25, 0.3) is 0 Å². The van der Waals surface area contributed by atoms with Crippen molar-refractivity contribution in [2.24, 2.45) is 0 Å². The van der Waals surface area contributed by atoms with Gasteiger partial charge in [-0.05, 0) is 19.5 Å². The van der Waals surface area contributed by atoms with Gasteiger partial charge in [-0.2, -0.15) is 0 Å². The fraction of sp³-hybridized carbons (Fsp3) is 0.733. The summed E-state index contributed by atoms with van der Waals surface area (Å²) in [6.07, 6.45) is 0. The van der Waals surface area contributed by atoms with E-state index in [-0.39, 0.29) is 0 Å². The van der Waals surface area contributed by atoms with Gasteiger partial charge in [0.05, 0.1) is 19.8 Å². The van der Waals surface area contributed by atoms with Crippen molar-refractivity contribution in [2.75, 3.05) is 47.1 Å². The summed E-state index contributed by atoms with van der Waals surface area (Å²) in [6.45, 7) is 9.93. The lowest BCUT2D eigenvalue weighted by molar-refractivity contribution is 0.106. The minimum absolute atomic E-state index is 0.716. The van der Waals surface area contributed by atoms with E-state index in [1.54, 1.807) is 14.2 Å². The summed E-state index contributed by atoms with van der Waals surface area (Å²) in [5.41, 5.74) is 1.24. The molecule has 1 aromatic heterocycles.